The number of furan rings is 1. The van der Waals surface area contributed by atoms with Crippen molar-refractivity contribution in [1.82, 2.24) is 5.32 Å². The minimum Gasteiger partial charge on any atom is -0.463 e. The van der Waals surface area contributed by atoms with Crippen molar-refractivity contribution in [3.05, 3.63) is 54.0 Å². The first-order valence-corrected chi connectivity index (χ1v) is 10.1. The summed E-state index contributed by atoms with van der Waals surface area (Å²) < 4.78 is 5.60. The van der Waals surface area contributed by atoms with E-state index >= 15 is 0 Å². The largest absolute Gasteiger partial charge is 0.463 e. The van der Waals surface area contributed by atoms with Gasteiger partial charge in [0.15, 0.2) is 10.9 Å². The van der Waals surface area contributed by atoms with Crippen LogP contribution in [0.15, 0.2) is 47.1 Å². The molecule has 0 spiro atoms. The van der Waals surface area contributed by atoms with Crippen molar-refractivity contribution in [2.24, 2.45) is 0 Å². The summed E-state index contributed by atoms with van der Waals surface area (Å²) in [6, 6.07) is 14.3. The summed E-state index contributed by atoms with van der Waals surface area (Å²) >= 11 is 5.56. The molecular formula is C21H28N3OS+. The molecular weight excluding hydrogens is 342 g/mol. The standard InChI is InChI=1S/C21H27N3OS/c1-15-7-9-16(10-8-15)22-21(26)23-17-12-18-4-2-5-19(13-17)24(18)14-20-6-3-11-25-20/h3,6-11,17-19H,2,4-5,12-14H2,1H3,(H2,22,23,26)/p+1/t18-,19-/m1/s1. The molecule has 26 heavy (non-hydrogen) atoms. The van der Waals surface area contributed by atoms with Gasteiger partial charge in [-0.15, -0.1) is 0 Å². The average Bonchev–Trinajstić information content (AvgIpc) is 3.11. The number of piperidine rings is 2. The number of aryl methyl sites for hydroxylation is 1. The second kappa shape index (κ2) is 7.80. The first-order valence-electron chi connectivity index (χ1n) is 9.69. The van der Waals surface area contributed by atoms with Crippen molar-refractivity contribution in [3.8, 4) is 0 Å². The molecule has 1 aromatic carbocycles. The third kappa shape index (κ3) is 4.10. The zero-order chi connectivity index (χ0) is 17.9. The molecule has 2 saturated heterocycles. The number of anilines is 1. The Morgan fingerprint density at radius 2 is 1.88 bits per heavy atom. The van der Waals surface area contributed by atoms with Crippen molar-refractivity contribution < 1.29 is 9.32 Å². The second-order valence-electron chi connectivity index (χ2n) is 7.79. The number of rotatable bonds is 4. The zero-order valence-corrected chi connectivity index (χ0v) is 16.1. The molecule has 3 heterocycles. The Kier molecular flexibility index (Phi) is 5.27. The van der Waals surface area contributed by atoms with Crippen LogP contribution in [0.5, 0.6) is 0 Å². The van der Waals surface area contributed by atoms with Gasteiger partial charge in [0.05, 0.1) is 18.3 Å². The highest BCUT2D eigenvalue weighted by Crippen LogP contribution is 2.23. The molecule has 4 rings (SSSR count). The Balaban J connectivity index is 1.34. The molecule has 0 aliphatic carbocycles. The van der Waals surface area contributed by atoms with E-state index in [1.165, 1.54) is 37.7 Å². The van der Waals surface area contributed by atoms with E-state index in [2.05, 4.69) is 47.9 Å². The quantitative estimate of drug-likeness (QED) is 0.724. The number of hydrogen-bond acceptors (Lipinski definition) is 2. The Bertz CT molecular complexity index is 714. The summed E-state index contributed by atoms with van der Waals surface area (Å²) in [5.74, 6) is 1.11. The predicted octanol–water partition coefficient (Wildman–Crippen LogP) is 3.04. The Morgan fingerprint density at radius 1 is 1.15 bits per heavy atom. The number of fused-ring (bicyclic) bond motifs is 2. The zero-order valence-electron chi connectivity index (χ0n) is 15.3. The Morgan fingerprint density at radius 3 is 2.54 bits per heavy atom. The number of thiocarbonyl (C=S) groups is 1. The third-order valence-electron chi connectivity index (χ3n) is 5.90. The fraction of sp³-hybridized carbons (Fsp3) is 0.476. The lowest BCUT2D eigenvalue weighted by atomic mass is 9.81. The molecule has 2 bridgehead atoms. The fourth-order valence-electron chi connectivity index (χ4n) is 4.65. The van der Waals surface area contributed by atoms with E-state index in [1.54, 1.807) is 11.2 Å². The molecule has 1 aromatic heterocycles. The van der Waals surface area contributed by atoms with Crippen molar-refractivity contribution in [1.29, 1.82) is 0 Å². The maximum absolute atomic E-state index is 5.60. The SMILES string of the molecule is Cc1ccc(NC(=S)NC2C[C@H]3CCC[C@H](C2)[NH+]3Cc2ccco2)cc1. The molecule has 0 saturated carbocycles. The maximum Gasteiger partial charge on any atom is 0.171 e. The topological polar surface area (TPSA) is 41.6 Å². The van der Waals surface area contributed by atoms with Crippen LogP contribution in [0.1, 0.15) is 43.4 Å². The molecule has 2 aliphatic rings. The molecule has 138 valence electrons. The van der Waals surface area contributed by atoms with Crippen LogP contribution in [0.4, 0.5) is 5.69 Å². The monoisotopic (exact) mass is 370 g/mol. The molecule has 5 heteroatoms. The Labute approximate surface area is 161 Å². The highest BCUT2D eigenvalue weighted by molar-refractivity contribution is 7.80. The van der Waals surface area contributed by atoms with E-state index in [1.807, 2.05) is 6.07 Å². The number of quaternary nitrogens is 1. The van der Waals surface area contributed by atoms with Gasteiger partial charge in [0, 0.05) is 24.6 Å². The highest BCUT2D eigenvalue weighted by atomic mass is 32.1. The van der Waals surface area contributed by atoms with E-state index in [9.17, 15) is 0 Å². The van der Waals surface area contributed by atoms with Crippen LogP contribution in [-0.4, -0.2) is 23.2 Å². The molecule has 0 radical (unpaired) electrons. The minimum atomic E-state index is 0.469. The predicted molar refractivity (Wildman–Crippen MR) is 108 cm³/mol. The van der Waals surface area contributed by atoms with Crippen LogP contribution >= 0.6 is 12.2 Å². The molecule has 2 aromatic rings. The average molecular weight is 371 g/mol. The summed E-state index contributed by atoms with van der Waals surface area (Å²) in [4.78, 5) is 1.71. The first kappa shape index (κ1) is 17.6. The molecule has 2 atom stereocenters. The normalized spacial score (nSPS) is 27.7. The van der Waals surface area contributed by atoms with E-state index in [-0.39, 0.29) is 0 Å². The van der Waals surface area contributed by atoms with Gasteiger partial charge in [0.2, 0.25) is 0 Å². The van der Waals surface area contributed by atoms with Crippen LogP contribution in [0.2, 0.25) is 0 Å². The molecule has 3 N–H and O–H groups in total. The van der Waals surface area contributed by atoms with Crippen LogP contribution in [-0.2, 0) is 6.54 Å². The molecule has 0 amide bonds. The van der Waals surface area contributed by atoms with Gasteiger partial charge < -0.3 is 20.0 Å². The summed E-state index contributed by atoms with van der Waals surface area (Å²) in [5, 5.41) is 7.64. The fourth-order valence-corrected chi connectivity index (χ4v) is 4.93. The lowest BCUT2D eigenvalue weighted by Gasteiger charge is -2.45. The number of hydrogen-bond donors (Lipinski definition) is 3. The van der Waals surface area contributed by atoms with Gasteiger partial charge >= 0.3 is 0 Å². The third-order valence-corrected chi connectivity index (χ3v) is 6.12. The molecule has 2 aliphatic heterocycles. The smallest absolute Gasteiger partial charge is 0.171 e. The van der Waals surface area contributed by atoms with Gasteiger partial charge in [-0.1, -0.05) is 17.7 Å². The van der Waals surface area contributed by atoms with E-state index < -0.39 is 0 Å². The summed E-state index contributed by atoms with van der Waals surface area (Å²) in [6.45, 7) is 3.11. The Hall–Kier alpha value is -1.85. The maximum atomic E-state index is 5.60. The van der Waals surface area contributed by atoms with Crippen LogP contribution in [0.3, 0.4) is 0 Å². The van der Waals surface area contributed by atoms with Gasteiger partial charge in [0.1, 0.15) is 6.54 Å². The van der Waals surface area contributed by atoms with Gasteiger partial charge in [-0.2, -0.15) is 0 Å². The second-order valence-corrected chi connectivity index (χ2v) is 8.20. The number of nitrogens with one attached hydrogen (secondary N) is 3. The lowest BCUT2D eigenvalue weighted by Crippen LogP contribution is -3.20. The van der Waals surface area contributed by atoms with Gasteiger partial charge in [-0.3, -0.25) is 0 Å². The van der Waals surface area contributed by atoms with Crippen molar-refractivity contribution in [3.63, 3.8) is 0 Å². The van der Waals surface area contributed by atoms with E-state index in [0.29, 0.717) is 18.1 Å². The molecule has 2 fully saturated rings. The lowest BCUT2D eigenvalue weighted by molar-refractivity contribution is -0.974. The number of benzene rings is 1. The van der Waals surface area contributed by atoms with Crippen molar-refractivity contribution in [2.75, 3.05) is 5.32 Å². The van der Waals surface area contributed by atoms with Gasteiger partial charge in [-0.05, 0) is 62.7 Å². The first-order chi connectivity index (χ1) is 12.7. The van der Waals surface area contributed by atoms with E-state index in [0.717, 1.165) is 23.1 Å². The van der Waals surface area contributed by atoms with Crippen molar-refractivity contribution in [2.45, 2.75) is 63.7 Å². The molecule has 0 unspecified atom stereocenters. The summed E-state index contributed by atoms with van der Waals surface area (Å²) in [7, 11) is 0. The minimum absolute atomic E-state index is 0.469. The highest BCUT2D eigenvalue weighted by Gasteiger charge is 2.42. The van der Waals surface area contributed by atoms with Gasteiger partial charge in [-0.25, -0.2) is 0 Å². The van der Waals surface area contributed by atoms with Crippen molar-refractivity contribution >= 4 is 23.0 Å². The van der Waals surface area contributed by atoms with Crippen LogP contribution in [0, 0.1) is 6.92 Å². The van der Waals surface area contributed by atoms with Crippen LogP contribution < -0.4 is 15.5 Å². The summed E-state index contributed by atoms with van der Waals surface area (Å²) in [5.41, 5.74) is 2.31. The van der Waals surface area contributed by atoms with Gasteiger partial charge in [0.25, 0.3) is 0 Å². The van der Waals surface area contributed by atoms with Crippen LogP contribution in [0.25, 0.3) is 0 Å². The summed E-state index contributed by atoms with van der Waals surface area (Å²) in [6.07, 6.45) is 8.13. The van der Waals surface area contributed by atoms with E-state index in [4.69, 9.17) is 16.6 Å². The molecule has 4 nitrogen and oxygen atoms in total.